The molecule has 2 amide bonds. The SMILES string of the molecule is O=C(NC1CC1)[C@@H]1C(Cc2ccccc2)N(C(=O)O)C[C@H]1O. The van der Waals surface area contributed by atoms with Crippen LogP contribution in [0.2, 0.25) is 0 Å². The second-order valence-electron chi connectivity index (χ2n) is 6.07. The third-order valence-corrected chi connectivity index (χ3v) is 4.37. The van der Waals surface area contributed by atoms with Crippen molar-refractivity contribution in [2.45, 2.75) is 37.5 Å². The van der Waals surface area contributed by atoms with E-state index in [1.165, 1.54) is 4.90 Å². The van der Waals surface area contributed by atoms with Crippen LogP contribution in [0, 0.1) is 5.92 Å². The summed E-state index contributed by atoms with van der Waals surface area (Å²) in [6.07, 6.45) is 0.291. The minimum Gasteiger partial charge on any atom is -0.465 e. The fourth-order valence-corrected chi connectivity index (χ4v) is 3.09. The van der Waals surface area contributed by atoms with E-state index in [1.807, 2.05) is 30.3 Å². The topological polar surface area (TPSA) is 89.9 Å². The highest BCUT2D eigenvalue weighted by atomic mass is 16.4. The number of amides is 2. The summed E-state index contributed by atoms with van der Waals surface area (Å²) in [6.45, 7) is -0.0183. The van der Waals surface area contributed by atoms with E-state index in [1.54, 1.807) is 0 Å². The number of hydrogen-bond donors (Lipinski definition) is 3. The molecular weight excluding hydrogens is 284 g/mol. The number of nitrogens with one attached hydrogen (secondary N) is 1. The van der Waals surface area contributed by atoms with Crippen molar-refractivity contribution in [3.8, 4) is 0 Å². The van der Waals surface area contributed by atoms with Gasteiger partial charge in [-0.1, -0.05) is 30.3 Å². The van der Waals surface area contributed by atoms with Crippen LogP contribution in [-0.4, -0.2) is 51.8 Å². The highest BCUT2D eigenvalue weighted by Gasteiger charge is 2.47. The molecule has 0 spiro atoms. The lowest BCUT2D eigenvalue weighted by molar-refractivity contribution is -0.128. The predicted octanol–water partition coefficient (Wildman–Crippen LogP) is 0.847. The van der Waals surface area contributed by atoms with Gasteiger partial charge in [-0.25, -0.2) is 4.79 Å². The number of nitrogens with zero attached hydrogens (tertiary/aromatic N) is 1. The molecular formula is C16H20N2O4. The average molecular weight is 304 g/mol. The van der Waals surface area contributed by atoms with Gasteiger partial charge in [0, 0.05) is 6.04 Å². The first-order chi connectivity index (χ1) is 10.6. The van der Waals surface area contributed by atoms with Gasteiger partial charge in [-0.3, -0.25) is 4.79 Å². The lowest BCUT2D eigenvalue weighted by atomic mass is 9.92. The Bertz CT molecular complexity index is 559. The first-order valence-corrected chi connectivity index (χ1v) is 7.58. The van der Waals surface area contributed by atoms with Crippen LogP contribution in [0.4, 0.5) is 4.79 Å². The fourth-order valence-electron chi connectivity index (χ4n) is 3.09. The van der Waals surface area contributed by atoms with E-state index in [9.17, 15) is 19.8 Å². The molecule has 3 atom stereocenters. The van der Waals surface area contributed by atoms with Crippen molar-refractivity contribution in [3.63, 3.8) is 0 Å². The van der Waals surface area contributed by atoms with Gasteiger partial charge in [0.25, 0.3) is 0 Å². The standard InChI is InChI=1S/C16H20N2O4/c19-13-9-18(16(21)22)12(8-10-4-2-1-3-5-10)14(13)15(20)17-11-6-7-11/h1-5,11-14,19H,6-9H2,(H,17,20)(H,21,22)/t12?,13-,14-/m1/s1. The van der Waals surface area contributed by atoms with E-state index in [0.717, 1.165) is 18.4 Å². The number of rotatable bonds is 4. The van der Waals surface area contributed by atoms with Crippen LogP contribution in [0.1, 0.15) is 18.4 Å². The van der Waals surface area contributed by atoms with Gasteiger partial charge in [-0.2, -0.15) is 0 Å². The number of β-amino-alcohol motifs (C(OH)–C–C–N with tert-alkyl or cyclic N) is 1. The second kappa shape index (κ2) is 5.96. The molecule has 1 aromatic carbocycles. The van der Waals surface area contributed by atoms with Crippen LogP contribution in [0.3, 0.4) is 0 Å². The summed E-state index contributed by atoms with van der Waals surface area (Å²) >= 11 is 0. The maximum atomic E-state index is 12.4. The highest BCUT2D eigenvalue weighted by Crippen LogP contribution is 2.29. The van der Waals surface area contributed by atoms with Gasteiger partial charge in [-0.15, -0.1) is 0 Å². The van der Waals surface area contributed by atoms with Gasteiger partial charge >= 0.3 is 6.09 Å². The van der Waals surface area contributed by atoms with E-state index >= 15 is 0 Å². The largest absolute Gasteiger partial charge is 0.465 e. The Morgan fingerprint density at radius 2 is 1.91 bits per heavy atom. The maximum Gasteiger partial charge on any atom is 0.407 e. The first-order valence-electron chi connectivity index (χ1n) is 7.58. The van der Waals surface area contributed by atoms with Gasteiger partial charge in [-0.05, 0) is 24.8 Å². The van der Waals surface area contributed by atoms with Gasteiger partial charge in [0.15, 0.2) is 0 Å². The Morgan fingerprint density at radius 3 is 2.50 bits per heavy atom. The molecule has 1 unspecified atom stereocenters. The van der Waals surface area contributed by atoms with Crippen molar-refractivity contribution in [1.82, 2.24) is 10.2 Å². The van der Waals surface area contributed by atoms with Crippen LogP contribution < -0.4 is 5.32 Å². The second-order valence-corrected chi connectivity index (χ2v) is 6.07. The van der Waals surface area contributed by atoms with E-state index in [4.69, 9.17) is 0 Å². The molecule has 1 aliphatic carbocycles. The summed E-state index contributed by atoms with van der Waals surface area (Å²) in [5, 5.41) is 22.4. The summed E-state index contributed by atoms with van der Waals surface area (Å²) in [4.78, 5) is 25.0. The maximum absolute atomic E-state index is 12.4. The number of carbonyl (C=O) groups is 2. The normalized spacial score (nSPS) is 27.7. The quantitative estimate of drug-likeness (QED) is 0.769. The third-order valence-electron chi connectivity index (χ3n) is 4.37. The van der Waals surface area contributed by atoms with Crippen molar-refractivity contribution in [3.05, 3.63) is 35.9 Å². The van der Waals surface area contributed by atoms with Crippen LogP contribution in [-0.2, 0) is 11.2 Å². The summed E-state index contributed by atoms with van der Waals surface area (Å²) in [7, 11) is 0. The van der Waals surface area contributed by atoms with E-state index in [0.29, 0.717) is 6.42 Å². The Hall–Kier alpha value is -2.08. The van der Waals surface area contributed by atoms with Crippen LogP contribution >= 0.6 is 0 Å². The minimum atomic E-state index is -1.10. The third kappa shape index (κ3) is 3.06. The van der Waals surface area contributed by atoms with E-state index in [2.05, 4.69) is 5.32 Å². The molecule has 3 rings (SSSR count). The lowest BCUT2D eigenvalue weighted by Gasteiger charge is -2.25. The summed E-state index contributed by atoms with van der Waals surface area (Å²) < 4.78 is 0. The van der Waals surface area contributed by atoms with Crippen LogP contribution in [0.25, 0.3) is 0 Å². The van der Waals surface area contributed by atoms with Gasteiger partial charge in [0.2, 0.25) is 5.91 Å². The molecule has 3 N–H and O–H groups in total. The average Bonchev–Trinajstić information content (AvgIpc) is 3.22. The minimum absolute atomic E-state index is 0.0183. The number of benzene rings is 1. The molecule has 118 valence electrons. The summed E-state index contributed by atoms with van der Waals surface area (Å²) in [5.74, 6) is -0.948. The predicted molar refractivity (Wildman–Crippen MR) is 79.3 cm³/mol. The zero-order chi connectivity index (χ0) is 15.7. The van der Waals surface area contributed by atoms with E-state index in [-0.39, 0.29) is 18.5 Å². The molecule has 0 aromatic heterocycles. The molecule has 2 aliphatic rings. The van der Waals surface area contributed by atoms with Crippen LogP contribution in [0.15, 0.2) is 30.3 Å². The van der Waals surface area contributed by atoms with Gasteiger partial charge < -0.3 is 20.4 Å². The Balaban J connectivity index is 1.80. The number of aliphatic hydroxyl groups excluding tert-OH is 1. The zero-order valence-electron chi connectivity index (χ0n) is 12.2. The smallest absolute Gasteiger partial charge is 0.407 e. The molecule has 1 aromatic rings. The molecule has 0 radical (unpaired) electrons. The number of hydrogen-bond acceptors (Lipinski definition) is 3. The molecule has 6 heteroatoms. The van der Waals surface area contributed by atoms with Crippen molar-refractivity contribution < 1.29 is 19.8 Å². The first kappa shape index (κ1) is 14.8. The molecule has 2 fully saturated rings. The Morgan fingerprint density at radius 1 is 1.23 bits per heavy atom. The van der Waals surface area contributed by atoms with Gasteiger partial charge in [0.1, 0.15) is 0 Å². The van der Waals surface area contributed by atoms with Crippen molar-refractivity contribution in [2.24, 2.45) is 5.92 Å². The summed E-state index contributed by atoms with van der Waals surface area (Å²) in [5.41, 5.74) is 0.956. The molecule has 1 heterocycles. The van der Waals surface area contributed by atoms with Crippen molar-refractivity contribution >= 4 is 12.0 Å². The molecule has 1 aliphatic heterocycles. The van der Waals surface area contributed by atoms with Gasteiger partial charge in [0.05, 0.1) is 24.6 Å². The number of likely N-dealkylation sites (tertiary alicyclic amines) is 1. The van der Waals surface area contributed by atoms with E-state index < -0.39 is 24.2 Å². The number of carboxylic acid groups (broad SMARTS) is 1. The molecule has 1 saturated heterocycles. The highest BCUT2D eigenvalue weighted by molar-refractivity contribution is 5.82. The zero-order valence-corrected chi connectivity index (χ0v) is 12.2. The fraction of sp³-hybridized carbons (Fsp3) is 0.500. The molecule has 6 nitrogen and oxygen atoms in total. The Labute approximate surface area is 128 Å². The van der Waals surface area contributed by atoms with Crippen LogP contribution in [0.5, 0.6) is 0 Å². The molecule has 1 saturated carbocycles. The number of carbonyl (C=O) groups excluding carboxylic acids is 1. The number of aliphatic hydroxyl groups is 1. The monoisotopic (exact) mass is 304 g/mol. The Kier molecular flexibility index (Phi) is 4.02. The molecule has 0 bridgehead atoms. The lowest BCUT2D eigenvalue weighted by Crippen LogP contribution is -2.45. The van der Waals surface area contributed by atoms with Crippen molar-refractivity contribution in [2.75, 3.05) is 6.54 Å². The van der Waals surface area contributed by atoms with Crippen molar-refractivity contribution in [1.29, 1.82) is 0 Å². The molecule has 22 heavy (non-hydrogen) atoms. The summed E-state index contributed by atoms with van der Waals surface area (Å²) in [6, 6.07) is 9.11.